The average molecular weight is 595 g/mol. The molecule has 0 radical (unpaired) electrons. The van der Waals surface area contributed by atoms with Crippen LogP contribution in [0.4, 0.5) is 0 Å². The van der Waals surface area contributed by atoms with Crippen LogP contribution in [0.15, 0.2) is 36.4 Å². The first kappa shape index (κ1) is 29.3. The Kier molecular flexibility index (Phi) is 11.4. The molecular weight excluding hydrogens is 549 g/mol. The summed E-state index contributed by atoms with van der Waals surface area (Å²) >= 11 is 8.12. The first-order chi connectivity index (χ1) is 19.2. The molecule has 0 nitrogen and oxygen atoms in total. The van der Waals surface area contributed by atoms with Gasteiger partial charge in [-0.3, -0.25) is 0 Å². The first-order valence-corrected chi connectivity index (χ1v) is 19.0. The highest BCUT2D eigenvalue weighted by Crippen LogP contribution is 2.52. The van der Waals surface area contributed by atoms with Gasteiger partial charge in [-0.05, 0) is 73.2 Å². The van der Waals surface area contributed by atoms with E-state index in [2.05, 4.69) is 50.2 Å². The minimum absolute atomic E-state index is 1.12. The molecule has 0 aromatic carbocycles. The maximum Gasteiger partial charge on any atom is 0.0488 e. The molecule has 0 unspecified atom stereocenters. The van der Waals surface area contributed by atoms with Crippen molar-refractivity contribution >= 4 is 45.3 Å². The first-order valence-electron chi connectivity index (χ1n) is 15.7. The molecule has 4 heterocycles. The maximum absolute atomic E-state index is 2.49. The van der Waals surface area contributed by atoms with E-state index in [4.69, 9.17) is 0 Å². The molecule has 5 rings (SSSR count). The lowest BCUT2D eigenvalue weighted by atomic mass is 10.1. The van der Waals surface area contributed by atoms with E-state index in [1.165, 1.54) is 132 Å². The minimum Gasteiger partial charge on any atom is -0.139 e. The molecule has 0 atom stereocenters. The van der Waals surface area contributed by atoms with Gasteiger partial charge in [-0.1, -0.05) is 90.9 Å². The molecule has 0 saturated carbocycles. The fraction of sp³-hybridized carbons (Fsp3) is 0.543. The second kappa shape index (κ2) is 15.1. The highest BCUT2D eigenvalue weighted by atomic mass is 32.1. The molecule has 0 N–H and O–H groups in total. The van der Waals surface area contributed by atoms with Crippen molar-refractivity contribution in [2.75, 3.05) is 0 Å². The summed E-state index contributed by atoms with van der Waals surface area (Å²) in [5.41, 5.74) is 3.10. The zero-order valence-corrected chi connectivity index (χ0v) is 27.4. The Bertz CT molecular complexity index is 1180. The van der Waals surface area contributed by atoms with Crippen LogP contribution in [0.25, 0.3) is 29.3 Å². The molecule has 39 heavy (non-hydrogen) atoms. The monoisotopic (exact) mass is 594 g/mol. The van der Waals surface area contributed by atoms with Crippen molar-refractivity contribution in [2.24, 2.45) is 0 Å². The lowest BCUT2D eigenvalue weighted by Gasteiger charge is -2.00. The minimum atomic E-state index is 1.12. The summed E-state index contributed by atoms with van der Waals surface area (Å²) < 4.78 is 0. The summed E-state index contributed by atoms with van der Waals surface area (Å²) in [7, 11) is 0. The van der Waals surface area contributed by atoms with Crippen LogP contribution in [0.3, 0.4) is 0 Å². The Morgan fingerprint density at radius 2 is 0.872 bits per heavy atom. The SMILES string of the molecule is CCCCCCCCCc1ccc(-c2cc3c(s2)-c2sc(-c4ccc(CCCCCCCCC)s4)cc2C3)s1. The Morgan fingerprint density at radius 1 is 0.462 bits per heavy atom. The predicted octanol–water partition coefficient (Wildman–Crippen LogP) is 13.4. The molecule has 1 aliphatic carbocycles. The summed E-state index contributed by atoms with van der Waals surface area (Å²) in [6.07, 6.45) is 23.1. The lowest BCUT2D eigenvalue weighted by molar-refractivity contribution is 0.590. The topological polar surface area (TPSA) is 0 Å². The van der Waals surface area contributed by atoms with E-state index in [1.54, 1.807) is 20.9 Å². The highest BCUT2D eigenvalue weighted by molar-refractivity contribution is 7.29. The largest absolute Gasteiger partial charge is 0.139 e. The van der Waals surface area contributed by atoms with Gasteiger partial charge in [-0.2, -0.15) is 0 Å². The van der Waals surface area contributed by atoms with Crippen LogP contribution in [0.1, 0.15) is 125 Å². The van der Waals surface area contributed by atoms with E-state index >= 15 is 0 Å². The number of thiophene rings is 4. The second-order valence-corrected chi connectivity index (χ2v) is 15.8. The normalized spacial score (nSPS) is 12.4. The van der Waals surface area contributed by atoms with Crippen LogP contribution in [0, 0.1) is 0 Å². The fourth-order valence-corrected chi connectivity index (χ4v) is 10.6. The zero-order chi connectivity index (χ0) is 26.9. The van der Waals surface area contributed by atoms with Crippen LogP contribution in [-0.2, 0) is 19.3 Å². The number of fused-ring (bicyclic) bond motifs is 3. The van der Waals surface area contributed by atoms with E-state index in [0.717, 1.165) is 6.42 Å². The summed E-state index contributed by atoms with van der Waals surface area (Å²) in [5.74, 6) is 0. The maximum atomic E-state index is 2.49. The smallest absolute Gasteiger partial charge is 0.0488 e. The van der Waals surface area contributed by atoms with Crippen LogP contribution in [0.5, 0.6) is 0 Å². The standard InChI is InChI=1S/C35H46S4/c1-3-5-7-9-11-13-15-17-28-19-21-30(36-28)32-24-26-23-27-25-33(39-35(27)34(26)38-32)31-22-20-29(37-31)18-16-14-12-10-8-6-4-2/h19-22,24-25H,3-18,23H2,1-2H3. The zero-order valence-electron chi connectivity index (χ0n) is 24.1. The van der Waals surface area contributed by atoms with Crippen LogP contribution in [-0.4, -0.2) is 0 Å². The van der Waals surface area contributed by atoms with Crippen molar-refractivity contribution in [3.05, 3.63) is 57.3 Å². The Balaban J connectivity index is 1.13. The van der Waals surface area contributed by atoms with Gasteiger partial charge in [-0.25, -0.2) is 0 Å². The molecule has 210 valence electrons. The second-order valence-electron chi connectivity index (χ2n) is 11.4. The van der Waals surface area contributed by atoms with Gasteiger partial charge in [0, 0.05) is 45.4 Å². The van der Waals surface area contributed by atoms with Crippen LogP contribution in [0.2, 0.25) is 0 Å². The van der Waals surface area contributed by atoms with Gasteiger partial charge in [0.05, 0.1) is 0 Å². The molecule has 0 aliphatic heterocycles. The van der Waals surface area contributed by atoms with Crippen molar-refractivity contribution in [1.82, 2.24) is 0 Å². The average Bonchev–Trinajstić information content (AvgIpc) is 3.75. The molecule has 4 aromatic heterocycles. The van der Waals surface area contributed by atoms with E-state index in [0.29, 0.717) is 0 Å². The van der Waals surface area contributed by atoms with Gasteiger partial charge in [0.25, 0.3) is 0 Å². The summed E-state index contributed by atoms with van der Waals surface area (Å²) in [4.78, 5) is 12.1. The van der Waals surface area contributed by atoms with Crippen molar-refractivity contribution in [1.29, 1.82) is 0 Å². The van der Waals surface area contributed by atoms with Crippen molar-refractivity contribution in [3.8, 4) is 29.3 Å². The molecule has 4 heteroatoms. The summed E-state index contributed by atoms with van der Waals surface area (Å²) in [6.45, 7) is 4.59. The molecule has 0 bridgehead atoms. The third kappa shape index (κ3) is 7.97. The molecule has 0 spiro atoms. The molecule has 4 aromatic rings. The number of unbranched alkanes of at least 4 members (excludes halogenated alkanes) is 12. The van der Waals surface area contributed by atoms with Gasteiger partial charge in [0.1, 0.15) is 0 Å². The van der Waals surface area contributed by atoms with Gasteiger partial charge in [0.15, 0.2) is 0 Å². The lowest BCUT2D eigenvalue weighted by Crippen LogP contribution is -1.82. The molecular formula is C35H46S4. The van der Waals surface area contributed by atoms with Crippen molar-refractivity contribution in [3.63, 3.8) is 0 Å². The quantitative estimate of drug-likeness (QED) is 0.0885. The van der Waals surface area contributed by atoms with Gasteiger partial charge in [0.2, 0.25) is 0 Å². The number of hydrogen-bond acceptors (Lipinski definition) is 4. The fourth-order valence-electron chi connectivity index (χ4n) is 5.75. The van der Waals surface area contributed by atoms with Crippen molar-refractivity contribution < 1.29 is 0 Å². The van der Waals surface area contributed by atoms with Gasteiger partial charge >= 0.3 is 0 Å². The molecule has 0 fully saturated rings. The van der Waals surface area contributed by atoms with E-state index < -0.39 is 0 Å². The number of rotatable bonds is 18. The van der Waals surface area contributed by atoms with Gasteiger partial charge in [-0.15, -0.1) is 45.3 Å². The Hall–Kier alpha value is -1.20. The third-order valence-corrected chi connectivity index (χ3v) is 13.3. The molecule has 0 amide bonds. The van der Waals surface area contributed by atoms with Crippen molar-refractivity contribution in [2.45, 2.75) is 123 Å². The Labute approximate surface area is 253 Å². The number of aryl methyl sites for hydroxylation is 2. The predicted molar refractivity (Wildman–Crippen MR) is 180 cm³/mol. The van der Waals surface area contributed by atoms with Crippen LogP contribution >= 0.6 is 45.3 Å². The Morgan fingerprint density at radius 3 is 1.31 bits per heavy atom. The third-order valence-electron chi connectivity index (χ3n) is 8.07. The van der Waals surface area contributed by atoms with E-state index in [1.807, 2.05) is 45.3 Å². The molecule has 0 saturated heterocycles. The van der Waals surface area contributed by atoms with Crippen LogP contribution < -0.4 is 0 Å². The van der Waals surface area contributed by atoms with Gasteiger partial charge < -0.3 is 0 Å². The molecule has 1 aliphatic rings. The summed E-state index contributed by atoms with van der Waals surface area (Å²) in [6, 6.07) is 14.5. The summed E-state index contributed by atoms with van der Waals surface area (Å²) in [5, 5.41) is 0. The van der Waals surface area contributed by atoms with E-state index in [-0.39, 0.29) is 0 Å². The number of hydrogen-bond donors (Lipinski definition) is 0. The van der Waals surface area contributed by atoms with E-state index in [9.17, 15) is 0 Å². The highest BCUT2D eigenvalue weighted by Gasteiger charge is 2.26.